The van der Waals surface area contributed by atoms with Gasteiger partial charge in [0.15, 0.2) is 29.1 Å². The number of rotatable bonds is 10. The molecule has 12 aromatic carbocycles. The van der Waals surface area contributed by atoms with Crippen molar-refractivity contribution in [3.63, 3.8) is 0 Å². The van der Waals surface area contributed by atoms with Crippen LogP contribution in [-0.2, 0) is 10.8 Å². The van der Waals surface area contributed by atoms with Gasteiger partial charge in [-0.15, -0.1) is 0 Å². The number of nitrogens with zero attached hydrogens (tertiary/aromatic N) is 6. The van der Waals surface area contributed by atoms with E-state index in [2.05, 4.69) is 248 Å². The van der Waals surface area contributed by atoms with Gasteiger partial charge in [0.05, 0.1) is 10.8 Å². The Morgan fingerprint density at radius 2 is 0.587 bits per heavy atom. The summed E-state index contributed by atoms with van der Waals surface area (Å²) in [5.41, 5.74) is 19.2. The zero-order valence-corrected chi connectivity index (χ0v) is 53.3. The van der Waals surface area contributed by atoms with Gasteiger partial charge < -0.3 is 10.5 Å². The number of hydrogen-bond acceptors (Lipinski definition) is 7. The highest BCUT2D eigenvalue weighted by Crippen LogP contribution is 2.58. The van der Waals surface area contributed by atoms with E-state index < -0.39 is 10.8 Å². The first-order valence-electron chi connectivity index (χ1n) is 29.8. The standard InChI is InChI=1S/C40H26BrN3.C34H22ClN3.C6H5BBrO.H2O/c41-32-20-12-15-28(25-32)38-42-37(27-13-4-1-5-14-27)43-39(44-38)29-23-24-34-33-21-10-11-22-35(33)40(36(34)26-29,30-16-6-2-7-17-30)31-18-8-3-9-19-31;35-33-37-31(23-12-4-1-5-13-23)36-32(38-33)24-20-21-28-27-18-10-11-19-29(27)34(30(28)22-24,25-14-6-2-7-15-25)26-16-8-3-9-17-26;8-6-3-1-2-5(4-6)7-9;/h1-26H;1-22H;1-4,9H;1H2. The lowest BCUT2D eigenvalue weighted by molar-refractivity contribution is 0.615. The fourth-order valence-corrected chi connectivity index (χ4v) is 13.9. The summed E-state index contributed by atoms with van der Waals surface area (Å²) in [6, 6.07) is 109. The van der Waals surface area contributed by atoms with Crippen molar-refractivity contribution in [3.8, 4) is 79.2 Å². The highest BCUT2D eigenvalue weighted by Gasteiger charge is 2.47. The molecular formula is C80H55BBr2ClN6O2. The summed E-state index contributed by atoms with van der Waals surface area (Å²) >= 11 is 13.3. The maximum absolute atomic E-state index is 8.52. The van der Waals surface area contributed by atoms with Gasteiger partial charge in [-0.3, -0.25) is 0 Å². The quantitative estimate of drug-likeness (QED) is 0.135. The van der Waals surface area contributed by atoms with Gasteiger partial charge in [-0.05, 0) is 109 Å². The van der Waals surface area contributed by atoms with Crippen LogP contribution in [0.3, 0.4) is 0 Å². The fourth-order valence-electron chi connectivity index (χ4n) is 12.9. The molecular weight excluding hydrogens is 1280 g/mol. The van der Waals surface area contributed by atoms with Crippen LogP contribution >= 0.6 is 43.5 Å². The molecule has 2 aliphatic carbocycles. The van der Waals surface area contributed by atoms with Gasteiger partial charge in [0, 0.05) is 36.8 Å². The molecule has 1 radical (unpaired) electrons. The summed E-state index contributed by atoms with van der Waals surface area (Å²) in [6.07, 6.45) is 0. The topological polar surface area (TPSA) is 129 Å². The second kappa shape index (κ2) is 26.8. The average molecular weight is 1340 g/mol. The van der Waals surface area contributed by atoms with Crippen molar-refractivity contribution < 1.29 is 10.5 Å². The van der Waals surface area contributed by atoms with E-state index >= 15 is 0 Å². The van der Waals surface area contributed by atoms with Gasteiger partial charge in [-0.1, -0.05) is 322 Å². The predicted molar refractivity (Wildman–Crippen MR) is 380 cm³/mol. The minimum Gasteiger partial charge on any atom is -0.450 e. The third-order valence-corrected chi connectivity index (χ3v) is 18.0. The van der Waals surface area contributed by atoms with Crippen LogP contribution in [0.25, 0.3) is 79.2 Å². The Kier molecular flexibility index (Phi) is 17.7. The van der Waals surface area contributed by atoms with E-state index in [9.17, 15) is 0 Å². The largest absolute Gasteiger partial charge is 0.450 e. The number of aromatic nitrogens is 6. The molecule has 14 aromatic rings. The molecule has 2 aromatic heterocycles. The Morgan fingerprint density at radius 3 is 0.967 bits per heavy atom. The van der Waals surface area contributed by atoms with Crippen LogP contribution in [0.4, 0.5) is 0 Å². The Hall–Kier alpha value is -10.1. The van der Waals surface area contributed by atoms with Gasteiger partial charge >= 0.3 is 7.48 Å². The van der Waals surface area contributed by atoms with E-state index in [1.165, 1.54) is 66.8 Å². The molecule has 0 amide bonds. The fraction of sp³-hybridized carbons (Fsp3) is 0.0250. The third-order valence-electron chi connectivity index (χ3n) is 16.8. The maximum Gasteiger partial charge on any atom is 0.326 e. The van der Waals surface area contributed by atoms with Crippen molar-refractivity contribution in [3.05, 3.63) is 374 Å². The Morgan fingerprint density at radius 1 is 0.283 bits per heavy atom. The van der Waals surface area contributed by atoms with Crippen LogP contribution < -0.4 is 5.46 Å². The van der Waals surface area contributed by atoms with E-state index in [1.54, 1.807) is 0 Å². The number of halogens is 3. The van der Waals surface area contributed by atoms with Gasteiger partial charge in [0.2, 0.25) is 5.28 Å². The number of hydrogen-bond donors (Lipinski definition) is 1. The predicted octanol–water partition coefficient (Wildman–Crippen LogP) is 18.1. The Balaban J connectivity index is 0.000000148. The monoisotopic (exact) mass is 1340 g/mol. The van der Waals surface area contributed by atoms with Crippen molar-refractivity contribution >= 4 is 56.4 Å². The van der Waals surface area contributed by atoms with E-state index in [4.69, 9.17) is 36.6 Å². The molecule has 0 bridgehead atoms. The molecule has 0 spiro atoms. The summed E-state index contributed by atoms with van der Waals surface area (Å²) in [5.74, 6) is 3.03. The molecule has 0 fully saturated rings. The molecule has 3 N–H and O–H groups in total. The molecule has 441 valence electrons. The minimum atomic E-state index is -0.493. The molecule has 8 nitrogen and oxygen atoms in total. The second-order valence-corrected chi connectivity index (χ2v) is 24.2. The van der Waals surface area contributed by atoms with Gasteiger partial charge in [0.1, 0.15) is 0 Å². The Bertz CT molecular complexity index is 4840. The zero-order valence-electron chi connectivity index (χ0n) is 49.4. The van der Waals surface area contributed by atoms with E-state index in [-0.39, 0.29) is 10.8 Å². The van der Waals surface area contributed by atoms with Crippen molar-refractivity contribution in [2.45, 2.75) is 10.8 Å². The first-order valence-corrected chi connectivity index (χ1v) is 31.7. The van der Waals surface area contributed by atoms with E-state index in [0.717, 1.165) is 49.7 Å². The molecule has 0 aliphatic heterocycles. The average Bonchev–Trinajstić information content (AvgIpc) is 1.54. The number of benzene rings is 12. The summed E-state index contributed by atoms with van der Waals surface area (Å²) in [5, 5.41) is 8.69. The third kappa shape index (κ3) is 11.5. The van der Waals surface area contributed by atoms with Crippen LogP contribution in [-0.4, -0.2) is 47.9 Å². The molecule has 0 atom stereocenters. The normalized spacial score (nSPS) is 12.4. The molecule has 12 heteroatoms. The summed E-state index contributed by atoms with van der Waals surface area (Å²) < 4.78 is 1.95. The molecule has 0 saturated heterocycles. The maximum atomic E-state index is 8.52. The molecule has 92 heavy (non-hydrogen) atoms. The van der Waals surface area contributed by atoms with Crippen molar-refractivity contribution in [1.29, 1.82) is 0 Å². The molecule has 2 heterocycles. The first kappa shape index (κ1) is 60.8. The first-order chi connectivity index (χ1) is 44.8. The highest BCUT2D eigenvalue weighted by atomic mass is 79.9. The van der Waals surface area contributed by atoms with E-state index in [1.807, 2.05) is 109 Å². The molecule has 16 rings (SSSR count). The smallest absolute Gasteiger partial charge is 0.326 e. The minimum absolute atomic E-state index is 0. The van der Waals surface area contributed by atoms with Crippen molar-refractivity contribution in [1.82, 2.24) is 29.9 Å². The highest BCUT2D eigenvalue weighted by molar-refractivity contribution is 9.10. The summed E-state index contributed by atoms with van der Waals surface area (Å²) in [4.78, 5) is 28.8. The van der Waals surface area contributed by atoms with Crippen LogP contribution in [0.15, 0.2) is 324 Å². The van der Waals surface area contributed by atoms with Crippen molar-refractivity contribution in [2.24, 2.45) is 0 Å². The molecule has 2 aliphatic rings. The second-order valence-electron chi connectivity index (χ2n) is 22.1. The lowest BCUT2D eigenvalue weighted by Crippen LogP contribution is -2.28. The zero-order chi connectivity index (χ0) is 61.7. The van der Waals surface area contributed by atoms with Crippen LogP contribution in [0.1, 0.15) is 44.5 Å². The van der Waals surface area contributed by atoms with Crippen LogP contribution in [0, 0.1) is 0 Å². The lowest BCUT2D eigenvalue weighted by Gasteiger charge is -2.34. The molecule has 0 saturated carbocycles. The van der Waals surface area contributed by atoms with Gasteiger partial charge in [-0.2, -0.15) is 9.97 Å². The summed E-state index contributed by atoms with van der Waals surface area (Å²) in [7, 11) is 1.07. The van der Waals surface area contributed by atoms with Crippen LogP contribution in [0.5, 0.6) is 0 Å². The SMILES string of the molecule is Brc1cccc(-c2nc(-c3ccccc3)nc(-c3ccc4c(c3)C(c3ccccc3)(c3ccccc3)c3ccccc3-4)n2)c1.Clc1nc(-c2ccccc2)nc(-c2ccc3c(c2)C(c2ccccc2)(c2ccccc2)c2ccccc2-3)n1.O.O[B]c1cccc(Br)c1. The van der Waals surface area contributed by atoms with Crippen LogP contribution in [0.2, 0.25) is 5.28 Å². The summed E-state index contributed by atoms with van der Waals surface area (Å²) in [6.45, 7) is 0. The van der Waals surface area contributed by atoms with Gasteiger partial charge in [0.25, 0.3) is 0 Å². The van der Waals surface area contributed by atoms with E-state index in [0.29, 0.717) is 29.1 Å². The number of fused-ring (bicyclic) bond motifs is 6. The Labute approximate surface area is 557 Å². The lowest BCUT2D eigenvalue weighted by atomic mass is 9.67. The molecule has 0 unspecified atom stereocenters. The van der Waals surface area contributed by atoms with Crippen molar-refractivity contribution in [2.75, 3.05) is 0 Å². The van der Waals surface area contributed by atoms with Gasteiger partial charge in [-0.25, -0.2) is 19.9 Å².